The van der Waals surface area contributed by atoms with Crippen LogP contribution in [0.15, 0.2) is 218 Å². The predicted molar refractivity (Wildman–Crippen MR) is 283 cm³/mol. The molecular weight excluding hydrogens is 949 g/mol. The van der Waals surface area contributed by atoms with Gasteiger partial charge in [0, 0.05) is 54.0 Å². The Labute approximate surface area is 420 Å². The molecule has 6 nitrogen and oxygen atoms in total. The Morgan fingerprint density at radius 2 is 0.618 bits per heavy atom. The van der Waals surface area contributed by atoms with Gasteiger partial charge in [0.25, 0.3) is 0 Å². The van der Waals surface area contributed by atoms with Gasteiger partial charge in [-0.2, -0.15) is 0 Å². The molecule has 12 heteroatoms. The van der Waals surface area contributed by atoms with Crippen molar-refractivity contribution in [1.82, 2.24) is 19.9 Å². The molecule has 10 aromatic rings. The Morgan fingerprint density at radius 1 is 0.279 bits per heavy atom. The third-order valence-corrected chi connectivity index (χ3v) is 11.4. The van der Waals surface area contributed by atoms with Crippen LogP contribution in [0.2, 0.25) is 25.2 Å². The van der Waals surface area contributed by atoms with E-state index in [1.165, 1.54) is 23.8 Å². The molecule has 0 atom stereocenters. The summed E-state index contributed by atoms with van der Waals surface area (Å²) < 4.78 is 0. The lowest BCUT2D eigenvalue weighted by atomic mass is 9.80. The van der Waals surface area contributed by atoms with E-state index in [-0.39, 0.29) is 0 Å². The lowest BCUT2D eigenvalue weighted by Crippen LogP contribution is -2.29. The first-order valence-corrected chi connectivity index (χ1v) is 23.1. The molecule has 0 fully saturated rings. The first-order valence-electron chi connectivity index (χ1n) is 21.2. The fourth-order valence-corrected chi connectivity index (χ4v) is 8.40. The van der Waals surface area contributed by atoms with Crippen LogP contribution in [0.5, 0.6) is 0 Å². The summed E-state index contributed by atoms with van der Waals surface area (Å²) in [7, 11) is -1.52. The molecule has 0 unspecified atom stereocenters. The standard InChI is InChI=1S/C28H18Cl2N2.C22H15ClN2.C6H5BCl2O2/c29-24-15-23(16-25(30)17-24)27-18-26(31-28(32-27)20-10-5-2-6-11-20)22-13-7-12-21(14-22)19-8-3-1-4-9-19;23-21-15-20(24-22(25-21)17-10-5-2-6-11-17)19-13-7-12-18(14-19)16-8-3-1-4-9-16;8-5-1-4(7(10)11)2-6(9)3-5/h1-18H;1-15H;1-3,10-11H. The van der Waals surface area contributed by atoms with Crippen LogP contribution in [0.3, 0.4) is 0 Å². The maximum absolute atomic E-state index is 8.71. The van der Waals surface area contributed by atoms with Crippen LogP contribution in [0, 0.1) is 0 Å². The van der Waals surface area contributed by atoms with E-state index in [9.17, 15) is 0 Å². The van der Waals surface area contributed by atoms with E-state index < -0.39 is 7.12 Å². The number of halogens is 5. The molecule has 68 heavy (non-hydrogen) atoms. The molecule has 0 aliphatic heterocycles. The number of hydrogen-bond donors (Lipinski definition) is 2. The maximum atomic E-state index is 8.71. The molecule has 2 aromatic heterocycles. The molecule has 0 amide bonds. The summed E-state index contributed by atoms with van der Waals surface area (Å²) >= 11 is 30.0. The van der Waals surface area contributed by atoms with Crippen LogP contribution in [-0.2, 0) is 0 Å². The van der Waals surface area contributed by atoms with Gasteiger partial charge in [-0.3, -0.25) is 0 Å². The van der Waals surface area contributed by atoms with Crippen LogP contribution in [-0.4, -0.2) is 37.1 Å². The summed E-state index contributed by atoms with van der Waals surface area (Å²) in [6.07, 6.45) is 0. The largest absolute Gasteiger partial charge is 0.488 e. The van der Waals surface area contributed by atoms with E-state index in [0.717, 1.165) is 61.6 Å². The van der Waals surface area contributed by atoms with Gasteiger partial charge in [-0.05, 0) is 82.3 Å². The summed E-state index contributed by atoms with van der Waals surface area (Å²) in [5, 5.41) is 19.8. The Hall–Kier alpha value is -6.65. The molecule has 10 rings (SSSR count). The maximum Gasteiger partial charge on any atom is 0.488 e. The third kappa shape index (κ3) is 12.9. The number of nitrogens with zero attached hydrogens (tertiary/aromatic N) is 4. The zero-order valence-electron chi connectivity index (χ0n) is 35.9. The smallest absolute Gasteiger partial charge is 0.423 e. The monoisotopic (exact) mass is 984 g/mol. The first kappa shape index (κ1) is 47.8. The van der Waals surface area contributed by atoms with Crippen LogP contribution >= 0.6 is 58.0 Å². The van der Waals surface area contributed by atoms with Crippen molar-refractivity contribution in [2.45, 2.75) is 0 Å². The quantitative estimate of drug-likeness (QED) is 0.116. The Balaban J connectivity index is 0.000000154. The van der Waals surface area contributed by atoms with E-state index in [2.05, 4.69) is 65.6 Å². The van der Waals surface area contributed by atoms with Gasteiger partial charge < -0.3 is 10.0 Å². The Kier molecular flexibility index (Phi) is 16.1. The summed E-state index contributed by atoms with van der Waals surface area (Å²) in [6.45, 7) is 0. The second-order valence-corrected chi connectivity index (χ2v) is 17.4. The number of benzene rings is 8. The topological polar surface area (TPSA) is 92.0 Å². The molecule has 332 valence electrons. The highest BCUT2D eigenvalue weighted by molar-refractivity contribution is 6.59. The van der Waals surface area contributed by atoms with Gasteiger partial charge >= 0.3 is 7.12 Å². The fourth-order valence-electron chi connectivity index (χ4n) is 7.14. The average Bonchev–Trinajstić information content (AvgIpc) is 3.37. The second kappa shape index (κ2) is 22.9. The van der Waals surface area contributed by atoms with Crippen LogP contribution in [0.4, 0.5) is 0 Å². The fraction of sp³-hybridized carbons (Fsp3) is 0. The van der Waals surface area contributed by atoms with Crippen LogP contribution in [0.25, 0.3) is 78.8 Å². The van der Waals surface area contributed by atoms with Gasteiger partial charge in [0.15, 0.2) is 11.6 Å². The molecule has 8 aromatic carbocycles. The highest BCUT2D eigenvalue weighted by Crippen LogP contribution is 2.33. The van der Waals surface area contributed by atoms with E-state index in [1.54, 1.807) is 12.1 Å². The SMILES string of the molecule is Clc1cc(-c2cccc(-c3ccccc3)c2)nc(-c2ccccc2)n1.Clc1cc(Cl)cc(-c2cc(-c3cccc(-c4ccccc4)c3)nc(-c3ccccc3)n2)c1.OB(O)c1cc(Cl)cc(Cl)c1. The minimum atomic E-state index is -1.52. The highest BCUT2D eigenvalue weighted by Gasteiger charge is 2.14. The van der Waals surface area contributed by atoms with Gasteiger partial charge in [0.1, 0.15) is 5.15 Å². The van der Waals surface area contributed by atoms with E-state index in [0.29, 0.717) is 42.4 Å². The van der Waals surface area contributed by atoms with Crippen molar-refractivity contribution in [1.29, 1.82) is 0 Å². The van der Waals surface area contributed by atoms with Crippen molar-refractivity contribution in [3.63, 3.8) is 0 Å². The van der Waals surface area contributed by atoms with Crippen molar-refractivity contribution < 1.29 is 10.0 Å². The van der Waals surface area contributed by atoms with Crippen molar-refractivity contribution in [3.8, 4) is 78.8 Å². The third-order valence-electron chi connectivity index (χ3n) is 10.4. The zero-order chi connectivity index (χ0) is 47.4. The summed E-state index contributed by atoms with van der Waals surface area (Å²) in [4.78, 5) is 18.8. The molecule has 0 aliphatic rings. The minimum absolute atomic E-state index is 0.294. The molecule has 2 N–H and O–H groups in total. The second-order valence-electron chi connectivity index (χ2n) is 15.2. The summed E-state index contributed by atoms with van der Waals surface area (Å²) in [5.41, 5.74) is 12.1. The zero-order valence-corrected chi connectivity index (χ0v) is 39.7. The summed E-state index contributed by atoms with van der Waals surface area (Å²) in [6, 6.07) is 70.8. The van der Waals surface area contributed by atoms with E-state index in [4.69, 9.17) is 83.0 Å². The van der Waals surface area contributed by atoms with Crippen molar-refractivity contribution >= 4 is 70.6 Å². The molecule has 0 saturated carbocycles. The lowest BCUT2D eigenvalue weighted by molar-refractivity contribution is 0.426. The number of rotatable bonds is 8. The normalized spacial score (nSPS) is 10.6. The predicted octanol–water partition coefficient (Wildman–Crippen LogP) is 15.3. The van der Waals surface area contributed by atoms with Crippen LogP contribution < -0.4 is 5.46 Å². The van der Waals surface area contributed by atoms with Crippen molar-refractivity contribution in [2.24, 2.45) is 0 Å². The van der Waals surface area contributed by atoms with Gasteiger partial charge in [-0.1, -0.05) is 216 Å². The molecule has 0 radical (unpaired) electrons. The molecule has 0 bridgehead atoms. The Bertz CT molecular complexity index is 3240. The first-order chi connectivity index (χ1) is 33.0. The van der Waals surface area contributed by atoms with Gasteiger partial charge in [0.05, 0.1) is 17.1 Å². The van der Waals surface area contributed by atoms with Gasteiger partial charge in [0.2, 0.25) is 0 Å². The van der Waals surface area contributed by atoms with E-state index >= 15 is 0 Å². The number of hydrogen-bond acceptors (Lipinski definition) is 6. The lowest BCUT2D eigenvalue weighted by Gasteiger charge is -2.11. The van der Waals surface area contributed by atoms with Crippen LogP contribution in [0.1, 0.15) is 0 Å². The minimum Gasteiger partial charge on any atom is -0.423 e. The molecule has 0 aliphatic carbocycles. The molecule has 2 heterocycles. The molecule has 0 saturated heterocycles. The number of aromatic nitrogens is 4. The van der Waals surface area contributed by atoms with E-state index in [1.807, 2.05) is 127 Å². The molecule has 0 spiro atoms. The molecular formula is C56H38BCl5N4O2. The van der Waals surface area contributed by atoms with Crippen molar-refractivity contribution in [2.75, 3.05) is 0 Å². The average molecular weight is 987 g/mol. The van der Waals surface area contributed by atoms with Gasteiger partial charge in [-0.25, -0.2) is 19.9 Å². The van der Waals surface area contributed by atoms with Gasteiger partial charge in [-0.15, -0.1) is 0 Å². The summed E-state index contributed by atoms with van der Waals surface area (Å²) in [5.74, 6) is 1.28. The van der Waals surface area contributed by atoms with Crippen molar-refractivity contribution in [3.05, 3.63) is 244 Å². The highest BCUT2D eigenvalue weighted by atomic mass is 35.5. The Morgan fingerprint density at radius 3 is 1.04 bits per heavy atom.